The smallest absolute Gasteiger partial charge is 0.339 e. The van der Waals surface area contributed by atoms with Crippen molar-refractivity contribution in [2.45, 2.75) is 23.8 Å². The number of imidazole rings is 1. The number of hydrogen-bond acceptors (Lipinski definition) is 9. The molecule has 2 amide bonds. The lowest BCUT2D eigenvalue weighted by atomic mass is 10.2. The molecule has 0 aliphatic carbocycles. The van der Waals surface area contributed by atoms with Crippen LogP contribution in [0, 0.1) is 0 Å². The number of carbonyl (C=O) groups excluding carboxylic acids is 1. The van der Waals surface area contributed by atoms with E-state index < -0.39 is 16.1 Å². The number of urea groups is 1. The monoisotopic (exact) mass is 518 g/mol. The van der Waals surface area contributed by atoms with Gasteiger partial charge in [0.2, 0.25) is 5.95 Å². The lowest BCUT2D eigenvalue weighted by Crippen LogP contribution is -2.35. The molecule has 2 aromatic carbocycles. The number of aromatic nitrogens is 2. The zero-order valence-corrected chi connectivity index (χ0v) is 20.4. The van der Waals surface area contributed by atoms with E-state index in [1.807, 2.05) is 0 Å². The van der Waals surface area contributed by atoms with Crippen LogP contribution in [0.2, 0.25) is 0 Å². The topological polar surface area (TPSA) is 167 Å². The maximum atomic E-state index is 12.8. The van der Waals surface area contributed by atoms with Gasteiger partial charge in [-0.25, -0.2) is 9.78 Å². The predicted molar refractivity (Wildman–Crippen MR) is 135 cm³/mol. The molecule has 1 unspecified atom stereocenters. The van der Waals surface area contributed by atoms with E-state index in [0.717, 1.165) is 25.1 Å². The molecule has 6 N–H and O–H groups in total. The Bertz CT molecular complexity index is 1260. The number of aromatic amines is 1. The zero-order chi connectivity index (χ0) is 25.4. The SMILES string of the molecule is O=C(NCCNCCO)Nc1nc2cc(OS(=O)(=O)c3ccc(NCC4CCCO4)cc3)ccc2[nH]1. The lowest BCUT2D eigenvalue weighted by Gasteiger charge is -2.12. The average molecular weight is 519 g/mol. The molecule has 0 radical (unpaired) electrons. The molecule has 1 aromatic heterocycles. The second kappa shape index (κ2) is 12.0. The first-order valence-electron chi connectivity index (χ1n) is 11.7. The Morgan fingerprint density at radius 2 is 2.00 bits per heavy atom. The number of fused-ring (bicyclic) bond motifs is 1. The summed E-state index contributed by atoms with van der Waals surface area (Å²) in [5, 5.41) is 20.1. The summed E-state index contributed by atoms with van der Waals surface area (Å²) in [4.78, 5) is 19.2. The summed E-state index contributed by atoms with van der Waals surface area (Å²) < 4.78 is 36.4. The first-order chi connectivity index (χ1) is 17.4. The lowest BCUT2D eigenvalue weighted by molar-refractivity contribution is 0.120. The van der Waals surface area contributed by atoms with Crippen molar-refractivity contribution in [2.75, 3.05) is 50.0 Å². The molecule has 3 aromatic rings. The van der Waals surface area contributed by atoms with Gasteiger partial charge >= 0.3 is 16.1 Å². The summed E-state index contributed by atoms with van der Waals surface area (Å²) in [6.07, 6.45) is 2.25. The van der Waals surface area contributed by atoms with Gasteiger partial charge in [0.1, 0.15) is 10.6 Å². The Balaban J connectivity index is 1.33. The third-order valence-electron chi connectivity index (χ3n) is 5.47. The average Bonchev–Trinajstić information content (AvgIpc) is 3.52. The van der Waals surface area contributed by atoms with Crippen molar-refractivity contribution in [3.05, 3.63) is 42.5 Å². The van der Waals surface area contributed by atoms with Gasteiger partial charge in [-0.2, -0.15) is 8.42 Å². The summed E-state index contributed by atoms with van der Waals surface area (Å²) in [6.45, 7) is 2.81. The number of aliphatic hydroxyl groups excluding tert-OH is 1. The molecule has 1 aliphatic heterocycles. The first-order valence-corrected chi connectivity index (χ1v) is 13.1. The molecule has 12 nitrogen and oxygen atoms in total. The van der Waals surface area contributed by atoms with Gasteiger partial charge in [0.15, 0.2) is 0 Å². The minimum atomic E-state index is -4.05. The molecular weight excluding hydrogens is 488 g/mol. The van der Waals surface area contributed by atoms with Crippen molar-refractivity contribution < 1.29 is 27.2 Å². The van der Waals surface area contributed by atoms with Gasteiger partial charge in [-0.05, 0) is 49.2 Å². The van der Waals surface area contributed by atoms with Crippen LogP contribution in [0.4, 0.5) is 16.4 Å². The maximum Gasteiger partial charge on any atom is 0.339 e. The summed E-state index contributed by atoms with van der Waals surface area (Å²) in [6, 6.07) is 10.5. The third-order valence-corrected chi connectivity index (χ3v) is 6.73. The maximum absolute atomic E-state index is 12.8. The highest BCUT2D eigenvalue weighted by Gasteiger charge is 2.18. The molecule has 0 saturated carbocycles. The number of anilines is 2. The number of nitrogens with zero attached hydrogens (tertiary/aromatic N) is 1. The highest BCUT2D eigenvalue weighted by atomic mass is 32.2. The zero-order valence-electron chi connectivity index (χ0n) is 19.6. The summed E-state index contributed by atoms with van der Waals surface area (Å²) in [7, 11) is -4.05. The van der Waals surface area contributed by atoms with Gasteiger partial charge in [0.25, 0.3) is 0 Å². The van der Waals surface area contributed by atoms with E-state index in [1.165, 1.54) is 24.3 Å². The Labute approximate surface area is 208 Å². The fraction of sp³-hybridized carbons (Fsp3) is 0.391. The van der Waals surface area contributed by atoms with Gasteiger partial charge < -0.3 is 35.0 Å². The van der Waals surface area contributed by atoms with Crippen molar-refractivity contribution in [2.24, 2.45) is 0 Å². The highest BCUT2D eigenvalue weighted by molar-refractivity contribution is 7.87. The van der Waals surface area contributed by atoms with Crippen LogP contribution in [0.1, 0.15) is 12.8 Å². The van der Waals surface area contributed by atoms with Gasteiger partial charge in [0.05, 0.1) is 23.7 Å². The summed E-state index contributed by atoms with van der Waals surface area (Å²) in [5.74, 6) is 0.303. The van der Waals surface area contributed by atoms with Gasteiger partial charge in [-0.3, -0.25) is 5.32 Å². The van der Waals surface area contributed by atoms with Crippen molar-refractivity contribution in [3.63, 3.8) is 0 Å². The number of hydrogen-bond donors (Lipinski definition) is 6. The van der Waals surface area contributed by atoms with Crippen LogP contribution in [-0.4, -0.2) is 75.0 Å². The van der Waals surface area contributed by atoms with E-state index >= 15 is 0 Å². The van der Waals surface area contributed by atoms with E-state index in [4.69, 9.17) is 14.0 Å². The minimum absolute atomic E-state index is 0.0263. The van der Waals surface area contributed by atoms with Gasteiger partial charge in [-0.1, -0.05) is 0 Å². The second-order valence-electron chi connectivity index (χ2n) is 8.20. The van der Waals surface area contributed by atoms with Crippen LogP contribution in [0.3, 0.4) is 0 Å². The van der Waals surface area contributed by atoms with Crippen LogP contribution in [0.15, 0.2) is 47.4 Å². The van der Waals surface area contributed by atoms with Crippen molar-refractivity contribution in [1.82, 2.24) is 20.6 Å². The molecule has 2 heterocycles. The van der Waals surface area contributed by atoms with Gasteiger partial charge in [-0.15, -0.1) is 0 Å². The quantitative estimate of drug-likeness (QED) is 0.154. The van der Waals surface area contributed by atoms with Crippen LogP contribution in [0.25, 0.3) is 11.0 Å². The Morgan fingerprint density at radius 1 is 1.17 bits per heavy atom. The number of aliphatic hydroxyl groups is 1. The largest absolute Gasteiger partial charge is 0.395 e. The summed E-state index contributed by atoms with van der Waals surface area (Å²) >= 11 is 0. The van der Waals surface area contributed by atoms with Crippen molar-refractivity contribution in [3.8, 4) is 5.75 Å². The van der Waals surface area contributed by atoms with E-state index in [0.29, 0.717) is 37.2 Å². The molecule has 1 saturated heterocycles. The number of benzene rings is 2. The van der Waals surface area contributed by atoms with Crippen LogP contribution in [0.5, 0.6) is 5.75 Å². The predicted octanol–water partition coefficient (Wildman–Crippen LogP) is 1.62. The van der Waals surface area contributed by atoms with E-state index in [9.17, 15) is 13.2 Å². The molecule has 1 fully saturated rings. The molecule has 4 rings (SSSR count). The highest BCUT2D eigenvalue weighted by Crippen LogP contribution is 2.25. The molecule has 1 atom stereocenters. The molecule has 36 heavy (non-hydrogen) atoms. The first kappa shape index (κ1) is 25.7. The number of carbonyl (C=O) groups is 1. The fourth-order valence-corrected chi connectivity index (χ4v) is 4.59. The van der Waals surface area contributed by atoms with E-state index in [2.05, 4.69) is 31.2 Å². The second-order valence-corrected chi connectivity index (χ2v) is 9.74. The van der Waals surface area contributed by atoms with Gasteiger partial charge in [0, 0.05) is 44.5 Å². The standard InChI is InChI=1S/C23H30N6O6S/c30-12-11-24-9-10-25-23(31)29-22-27-20-8-5-17(14-21(20)28-22)35-36(32,33)19-6-3-16(4-7-19)26-15-18-2-1-13-34-18/h3-8,14,18,24,26,30H,1-2,9-13,15H2,(H3,25,27,28,29,31). The Hall–Kier alpha value is -3.39. The number of amides is 2. The number of rotatable bonds is 12. The molecule has 194 valence electrons. The summed E-state index contributed by atoms with van der Waals surface area (Å²) in [5.41, 5.74) is 1.82. The fourth-order valence-electron chi connectivity index (χ4n) is 3.67. The molecule has 0 spiro atoms. The molecule has 13 heteroatoms. The number of ether oxygens (including phenoxy) is 1. The minimum Gasteiger partial charge on any atom is -0.395 e. The van der Waals surface area contributed by atoms with Crippen LogP contribution < -0.4 is 25.5 Å². The number of nitrogens with one attached hydrogen (secondary N) is 5. The van der Waals surface area contributed by atoms with Crippen LogP contribution in [-0.2, 0) is 14.9 Å². The third kappa shape index (κ3) is 7.07. The van der Waals surface area contributed by atoms with Crippen molar-refractivity contribution in [1.29, 1.82) is 0 Å². The Morgan fingerprint density at radius 3 is 2.75 bits per heavy atom. The van der Waals surface area contributed by atoms with E-state index in [-0.39, 0.29) is 29.3 Å². The number of H-pyrrole nitrogens is 1. The van der Waals surface area contributed by atoms with Crippen LogP contribution >= 0.6 is 0 Å². The van der Waals surface area contributed by atoms with Crippen molar-refractivity contribution >= 4 is 38.8 Å². The normalized spacial score (nSPS) is 15.6. The molecule has 0 bridgehead atoms. The molecule has 1 aliphatic rings. The Kier molecular flexibility index (Phi) is 8.59. The molecular formula is C23H30N6O6S. The van der Waals surface area contributed by atoms with E-state index in [1.54, 1.807) is 18.2 Å².